The van der Waals surface area contributed by atoms with Crippen molar-refractivity contribution in [1.29, 1.82) is 0 Å². The molecule has 146 valence electrons. The Balaban J connectivity index is 1.56. The van der Waals surface area contributed by atoms with Gasteiger partial charge >= 0.3 is 0 Å². The van der Waals surface area contributed by atoms with Crippen molar-refractivity contribution in [3.63, 3.8) is 0 Å². The lowest BCUT2D eigenvalue weighted by Gasteiger charge is -2.26. The van der Waals surface area contributed by atoms with E-state index in [1.807, 2.05) is 18.3 Å². The van der Waals surface area contributed by atoms with Gasteiger partial charge < -0.3 is 20.4 Å². The summed E-state index contributed by atoms with van der Waals surface area (Å²) in [5, 5.41) is 11.8. The van der Waals surface area contributed by atoms with Gasteiger partial charge in [-0.2, -0.15) is 9.61 Å². The molecular weight excluding hydrogens is 370 g/mol. The number of rotatable bonds is 3. The van der Waals surface area contributed by atoms with Crippen molar-refractivity contribution in [3.8, 4) is 17.0 Å². The van der Waals surface area contributed by atoms with E-state index in [4.69, 9.17) is 9.72 Å². The number of aromatic nitrogens is 5. The molecule has 0 radical (unpaired) electrons. The third kappa shape index (κ3) is 2.47. The fourth-order valence-corrected chi connectivity index (χ4v) is 3.90. The van der Waals surface area contributed by atoms with Crippen LogP contribution in [0, 0.1) is 0 Å². The van der Waals surface area contributed by atoms with Gasteiger partial charge in [-0.1, -0.05) is 0 Å². The van der Waals surface area contributed by atoms with Crippen LogP contribution in [-0.4, -0.2) is 49.7 Å². The first-order valence-electron chi connectivity index (χ1n) is 9.81. The van der Waals surface area contributed by atoms with E-state index in [1.165, 1.54) is 0 Å². The number of anilines is 1. The van der Waals surface area contributed by atoms with E-state index in [-0.39, 0.29) is 11.9 Å². The zero-order valence-electron chi connectivity index (χ0n) is 15.6. The molecule has 5 heterocycles. The Kier molecular flexibility index (Phi) is 3.49. The number of carbonyl (C=O) groups is 1. The van der Waals surface area contributed by atoms with Crippen molar-refractivity contribution >= 4 is 28.4 Å². The minimum Gasteiger partial charge on any atom is -0.486 e. The van der Waals surface area contributed by atoms with E-state index >= 15 is 0 Å². The highest BCUT2D eigenvalue weighted by Gasteiger charge is 2.28. The van der Waals surface area contributed by atoms with Crippen LogP contribution in [0.4, 0.5) is 5.82 Å². The van der Waals surface area contributed by atoms with Crippen LogP contribution in [0.5, 0.6) is 5.75 Å². The molecule has 1 amide bonds. The van der Waals surface area contributed by atoms with Gasteiger partial charge in [0.15, 0.2) is 17.2 Å². The molecule has 4 aromatic heterocycles. The second-order valence-corrected chi connectivity index (χ2v) is 7.41. The van der Waals surface area contributed by atoms with Crippen molar-refractivity contribution in [2.45, 2.75) is 25.3 Å². The number of amides is 1. The van der Waals surface area contributed by atoms with E-state index in [0.29, 0.717) is 41.6 Å². The molecule has 0 unspecified atom stereocenters. The van der Waals surface area contributed by atoms with Gasteiger partial charge in [0.05, 0.1) is 12.7 Å². The smallest absolute Gasteiger partial charge is 0.256 e. The summed E-state index contributed by atoms with van der Waals surface area (Å²) in [6.45, 7) is 1.19. The third-order valence-electron chi connectivity index (χ3n) is 5.64. The van der Waals surface area contributed by atoms with Crippen molar-refractivity contribution in [2.24, 2.45) is 0 Å². The summed E-state index contributed by atoms with van der Waals surface area (Å²) in [6, 6.07) is 4.12. The van der Waals surface area contributed by atoms with Gasteiger partial charge in [0.2, 0.25) is 0 Å². The lowest BCUT2D eigenvalue weighted by atomic mass is 9.93. The van der Waals surface area contributed by atoms with E-state index < -0.39 is 0 Å². The van der Waals surface area contributed by atoms with E-state index in [2.05, 4.69) is 25.7 Å². The van der Waals surface area contributed by atoms with Crippen LogP contribution < -0.4 is 15.4 Å². The maximum Gasteiger partial charge on any atom is 0.256 e. The molecule has 0 aromatic carbocycles. The molecule has 2 aliphatic rings. The maximum absolute atomic E-state index is 12.8. The van der Waals surface area contributed by atoms with Crippen LogP contribution in [0.25, 0.3) is 27.9 Å². The summed E-state index contributed by atoms with van der Waals surface area (Å²) < 4.78 is 7.63. The summed E-state index contributed by atoms with van der Waals surface area (Å²) in [5.41, 5.74) is 3.29. The summed E-state index contributed by atoms with van der Waals surface area (Å²) in [4.78, 5) is 25.2. The Hall–Kier alpha value is -3.62. The summed E-state index contributed by atoms with van der Waals surface area (Å²) >= 11 is 0. The Morgan fingerprint density at radius 2 is 2.28 bits per heavy atom. The molecule has 1 aliphatic carbocycles. The van der Waals surface area contributed by atoms with Crippen LogP contribution in [0.2, 0.25) is 0 Å². The number of H-pyrrole nitrogens is 1. The molecule has 4 aromatic rings. The highest BCUT2D eigenvalue weighted by Crippen LogP contribution is 2.40. The van der Waals surface area contributed by atoms with E-state index in [0.717, 1.165) is 35.9 Å². The normalized spacial score (nSPS) is 16.1. The van der Waals surface area contributed by atoms with Crippen molar-refractivity contribution in [3.05, 3.63) is 36.3 Å². The second kappa shape index (κ2) is 6.20. The number of pyridine rings is 1. The monoisotopic (exact) mass is 389 g/mol. The summed E-state index contributed by atoms with van der Waals surface area (Å²) in [6.07, 6.45) is 8.40. The molecule has 9 nitrogen and oxygen atoms in total. The lowest BCUT2D eigenvalue weighted by Crippen LogP contribution is -2.39. The lowest BCUT2D eigenvalue weighted by molar-refractivity contribution is 0.0918. The Bertz CT molecular complexity index is 1250. The van der Waals surface area contributed by atoms with Gasteiger partial charge in [-0.15, -0.1) is 0 Å². The molecule has 0 saturated heterocycles. The average Bonchev–Trinajstić information content (AvgIpc) is 3.34. The highest BCUT2D eigenvalue weighted by atomic mass is 16.5. The number of nitrogens with one attached hydrogen (secondary N) is 3. The molecule has 0 spiro atoms. The van der Waals surface area contributed by atoms with Gasteiger partial charge in [0.25, 0.3) is 5.91 Å². The molecular formula is C20H19N7O2. The number of carbonyl (C=O) groups excluding carboxylic acids is 1. The van der Waals surface area contributed by atoms with Gasteiger partial charge in [0, 0.05) is 29.4 Å². The molecule has 6 rings (SSSR count). The summed E-state index contributed by atoms with van der Waals surface area (Å²) in [7, 11) is 0. The molecule has 0 bridgehead atoms. The molecule has 1 saturated carbocycles. The van der Waals surface area contributed by atoms with Gasteiger partial charge in [-0.3, -0.25) is 4.79 Å². The van der Waals surface area contributed by atoms with Crippen LogP contribution in [0.3, 0.4) is 0 Å². The molecule has 1 aliphatic heterocycles. The van der Waals surface area contributed by atoms with Crippen LogP contribution >= 0.6 is 0 Å². The van der Waals surface area contributed by atoms with Crippen molar-refractivity contribution in [1.82, 2.24) is 29.9 Å². The summed E-state index contributed by atoms with van der Waals surface area (Å²) in [5.74, 6) is 1.19. The van der Waals surface area contributed by atoms with Crippen molar-refractivity contribution < 1.29 is 9.53 Å². The SMILES string of the molecule is O=C(NC1CCC1)c1cnn2c3c(c(-c4c[nH]c5ncccc45)nc12)OCCN3. The average molecular weight is 389 g/mol. The fraction of sp³-hybridized carbons (Fsp3) is 0.300. The Morgan fingerprint density at radius 1 is 1.34 bits per heavy atom. The molecule has 0 atom stereocenters. The van der Waals surface area contributed by atoms with Gasteiger partial charge in [0.1, 0.15) is 23.5 Å². The Morgan fingerprint density at radius 3 is 3.14 bits per heavy atom. The first kappa shape index (κ1) is 16.3. The minimum absolute atomic E-state index is 0.138. The highest BCUT2D eigenvalue weighted by molar-refractivity contribution is 6.01. The van der Waals surface area contributed by atoms with Crippen LogP contribution in [-0.2, 0) is 0 Å². The van der Waals surface area contributed by atoms with Gasteiger partial charge in [-0.05, 0) is 31.4 Å². The zero-order chi connectivity index (χ0) is 19.4. The quantitative estimate of drug-likeness (QED) is 0.496. The minimum atomic E-state index is -0.138. The topological polar surface area (TPSA) is 109 Å². The molecule has 3 N–H and O–H groups in total. The fourth-order valence-electron chi connectivity index (χ4n) is 3.90. The number of aromatic amines is 1. The van der Waals surface area contributed by atoms with E-state index in [9.17, 15) is 4.79 Å². The maximum atomic E-state index is 12.8. The number of nitrogens with zero attached hydrogens (tertiary/aromatic N) is 4. The van der Waals surface area contributed by atoms with Crippen molar-refractivity contribution in [2.75, 3.05) is 18.5 Å². The number of fused-ring (bicyclic) bond motifs is 4. The van der Waals surface area contributed by atoms with E-state index in [1.54, 1.807) is 16.9 Å². The number of ether oxygens (including phenoxy) is 1. The Labute approximate surface area is 165 Å². The third-order valence-corrected chi connectivity index (χ3v) is 5.64. The van der Waals surface area contributed by atoms with Crippen LogP contribution in [0.1, 0.15) is 29.6 Å². The molecule has 29 heavy (non-hydrogen) atoms. The first-order valence-corrected chi connectivity index (χ1v) is 9.81. The zero-order valence-corrected chi connectivity index (χ0v) is 15.6. The van der Waals surface area contributed by atoms with Crippen LogP contribution in [0.15, 0.2) is 30.7 Å². The molecule has 9 heteroatoms. The number of hydrogen-bond acceptors (Lipinski definition) is 6. The standard InChI is InChI=1S/C20H19N7O2/c28-20(25-11-3-1-4-11)14-10-24-27-18(14)26-15(16-19(27)22-7-8-29-16)13-9-23-17-12(13)5-2-6-21-17/h2,5-6,9-11,22H,1,3-4,7-8H2,(H,21,23)(H,25,28). The first-order chi connectivity index (χ1) is 14.3. The largest absolute Gasteiger partial charge is 0.486 e. The predicted molar refractivity (Wildman–Crippen MR) is 107 cm³/mol. The number of hydrogen-bond donors (Lipinski definition) is 3. The molecule has 1 fully saturated rings. The van der Waals surface area contributed by atoms with Gasteiger partial charge in [-0.25, -0.2) is 9.97 Å². The second-order valence-electron chi connectivity index (χ2n) is 7.41. The predicted octanol–water partition coefficient (Wildman–Crippen LogP) is 2.36.